The van der Waals surface area contributed by atoms with E-state index in [1.165, 1.54) is 0 Å². The minimum Gasteiger partial charge on any atom is -0.381 e. The van der Waals surface area contributed by atoms with E-state index in [1.54, 1.807) is 0 Å². The van der Waals surface area contributed by atoms with Gasteiger partial charge in [-0.25, -0.2) is 5.84 Å². The first kappa shape index (κ1) is 15.0. The van der Waals surface area contributed by atoms with E-state index in [9.17, 15) is 4.79 Å². The van der Waals surface area contributed by atoms with Gasteiger partial charge in [-0.3, -0.25) is 10.2 Å². The molecule has 2 rings (SSSR count). The van der Waals surface area contributed by atoms with Crippen LogP contribution in [0.4, 0.5) is 0 Å². The van der Waals surface area contributed by atoms with E-state index >= 15 is 0 Å². The van der Waals surface area contributed by atoms with Gasteiger partial charge in [0.2, 0.25) is 5.91 Å². The minimum atomic E-state index is -0.187. The van der Waals surface area contributed by atoms with Gasteiger partial charge in [0.25, 0.3) is 0 Å². The van der Waals surface area contributed by atoms with Gasteiger partial charge in [0.15, 0.2) is 0 Å². The Bertz CT molecular complexity index is 414. The number of nitrogens with one attached hydrogen (secondary N) is 1. The lowest BCUT2D eigenvalue weighted by molar-refractivity contribution is -0.120. The van der Waals surface area contributed by atoms with Crippen molar-refractivity contribution < 1.29 is 14.3 Å². The molecule has 1 amide bonds. The molecule has 0 saturated carbocycles. The SMILES string of the molecule is NNC(=O)Cc1ccc(COCC2CCOCC2)cc1. The molecule has 1 heterocycles. The van der Waals surface area contributed by atoms with Crippen LogP contribution < -0.4 is 11.3 Å². The second-order valence-electron chi connectivity index (χ2n) is 5.13. The number of benzene rings is 1. The lowest BCUT2D eigenvalue weighted by Gasteiger charge is -2.21. The van der Waals surface area contributed by atoms with Crippen LogP contribution in [0.2, 0.25) is 0 Å². The average Bonchev–Trinajstić information content (AvgIpc) is 2.50. The van der Waals surface area contributed by atoms with Crippen LogP contribution in [-0.4, -0.2) is 25.7 Å². The van der Waals surface area contributed by atoms with E-state index in [1.807, 2.05) is 24.3 Å². The molecule has 1 fully saturated rings. The van der Waals surface area contributed by atoms with Crippen molar-refractivity contribution >= 4 is 5.91 Å². The molecule has 0 bridgehead atoms. The summed E-state index contributed by atoms with van der Waals surface area (Å²) in [6.07, 6.45) is 2.49. The van der Waals surface area contributed by atoms with Crippen molar-refractivity contribution in [3.8, 4) is 0 Å². The van der Waals surface area contributed by atoms with Gasteiger partial charge in [-0.1, -0.05) is 24.3 Å². The fourth-order valence-corrected chi connectivity index (χ4v) is 2.25. The quantitative estimate of drug-likeness (QED) is 0.465. The summed E-state index contributed by atoms with van der Waals surface area (Å²) in [6.45, 7) is 3.11. The zero-order valence-electron chi connectivity index (χ0n) is 11.6. The minimum absolute atomic E-state index is 0.187. The predicted octanol–water partition coefficient (Wildman–Crippen LogP) is 1.16. The third-order valence-electron chi connectivity index (χ3n) is 3.51. The summed E-state index contributed by atoms with van der Waals surface area (Å²) in [5.41, 5.74) is 4.19. The van der Waals surface area contributed by atoms with Crippen LogP contribution in [0.25, 0.3) is 0 Å². The maximum atomic E-state index is 11.1. The smallest absolute Gasteiger partial charge is 0.238 e. The highest BCUT2D eigenvalue weighted by molar-refractivity contribution is 5.77. The van der Waals surface area contributed by atoms with Gasteiger partial charge < -0.3 is 9.47 Å². The summed E-state index contributed by atoms with van der Waals surface area (Å²) in [4.78, 5) is 11.1. The molecule has 5 nitrogen and oxygen atoms in total. The number of hydrazine groups is 1. The molecular formula is C15H22N2O3. The summed E-state index contributed by atoms with van der Waals surface area (Å²) in [5, 5.41) is 0. The van der Waals surface area contributed by atoms with Crippen LogP contribution in [0.5, 0.6) is 0 Å². The molecule has 5 heteroatoms. The van der Waals surface area contributed by atoms with E-state index in [0.29, 0.717) is 18.9 Å². The maximum absolute atomic E-state index is 11.1. The molecule has 110 valence electrons. The zero-order chi connectivity index (χ0) is 14.2. The fraction of sp³-hybridized carbons (Fsp3) is 0.533. The Morgan fingerprint density at radius 2 is 1.90 bits per heavy atom. The molecule has 1 aliphatic rings. The first-order valence-corrected chi connectivity index (χ1v) is 7.00. The molecule has 1 aromatic carbocycles. The summed E-state index contributed by atoms with van der Waals surface area (Å²) in [5.74, 6) is 5.49. The van der Waals surface area contributed by atoms with Crippen molar-refractivity contribution in [3.63, 3.8) is 0 Å². The molecule has 0 atom stereocenters. The van der Waals surface area contributed by atoms with Gasteiger partial charge in [0.05, 0.1) is 19.6 Å². The van der Waals surface area contributed by atoms with Crippen molar-refractivity contribution in [2.45, 2.75) is 25.9 Å². The van der Waals surface area contributed by atoms with E-state index in [4.69, 9.17) is 15.3 Å². The number of carbonyl (C=O) groups is 1. The molecule has 3 N–H and O–H groups in total. The average molecular weight is 278 g/mol. The Balaban J connectivity index is 1.71. The highest BCUT2D eigenvalue weighted by atomic mass is 16.5. The standard InChI is InChI=1S/C15H22N2O3/c16-17-15(18)9-12-1-3-13(4-2-12)10-20-11-14-5-7-19-8-6-14/h1-4,14H,5-11,16H2,(H,17,18). The van der Waals surface area contributed by atoms with E-state index in [-0.39, 0.29) is 5.91 Å². The number of hydrogen-bond donors (Lipinski definition) is 2. The van der Waals surface area contributed by atoms with E-state index < -0.39 is 0 Å². The first-order chi connectivity index (χ1) is 9.78. The molecule has 0 aromatic heterocycles. The third kappa shape index (κ3) is 4.92. The van der Waals surface area contributed by atoms with Crippen molar-refractivity contribution in [3.05, 3.63) is 35.4 Å². The van der Waals surface area contributed by atoms with Crippen LogP contribution >= 0.6 is 0 Å². The van der Waals surface area contributed by atoms with Gasteiger partial charge in [-0.2, -0.15) is 0 Å². The molecule has 0 aliphatic carbocycles. The Morgan fingerprint density at radius 1 is 1.25 bits per heavy atom. The molecule has 1 aliphatic heterocycles. The van der Waals surface area contributed by atoms with E-state index in [0.717, 1.165) is 43.8 Å². The zero-order valence-corrected chi connectivity index (χ0v) is 11.6. The van der Waals surface area contributed by atoms with Gasteiger partial charge in [0, 0.05) is 13.2 Å². The van der Waals surface area contributed by atoms with Gasteiger partial charge in [-0.15, -0.1) is 0 Å². The molecular weight excluding hydrogens is 256 g/mol. The van der Waals surface area contributed by atoms with E-state index in [2.05, 4.69) is 5.43 Å². The monoisotopic (exact) mass is 278 g/mol. The molecule has 0 radical (unpaired) electrons. The molecule has 1 aromatic rings. The van der Waals surface area contributed by atoms with Crippen LogP contribution in [0, 0.1) is 5.92 Å². The maximum Gasteiger partial charge on any atom is 0.238 e. The highest BCUT2D eigenvalue weighted by Crippen LogP contribution is 2.15. The molecule has 20 heavy (non-hydrogen) atoms. The fourth-order valence-electron chi connectivity index (χ4n) is 2.25. The van der Waals surface area contributed by atoms with Crippen molar-refractivity contribution in [2.24, 2.45) is 11.8 Å². The normalized spacial score (nSPS) is 16.1. The molecule has 0 spiro atoms. The number of ether oxygens (including phenoxy) is 2. The number of rotatable bonds is 6. The Morgan fingerprint density at radius 3 is 2.55 bits per heavy atom. The van der Waals surface area contributed by atoms with Crippen LogP contribution in [0.15, 0.2) is 24.3 Å². The number of carbonyl (C=O) groups excluding carboxylic acids is 1. The molecule has 1 saturated heterocycles. The number of amides is 1. The van der Waals surface area contributed by atoms with Crippen molar-refractivity contribution in [1.29, 1.82) is 0 Å². The summed E-state index contributed by atoms with van der Waals surface area (Å²) in [6, 6.07) is 7.84. The largest absolute Gasteiger partial charge is 0.381 e. The lowest BCUT2D eigenvalue weighted by atomic mass is 10.0. The lowest BCUT2D eigenvalue weighted by Crippen LogP contribution is -2.31. The second kappa shape index (κ2) is 7.99. The Labute approximate surface area is 119 Å². The summed E-state index contributed by atoms with van der Waals surface area (Å²) >= 11 is 0. The number of hydrogen-bond acceptors (Lipinski definition) is 4. The third-order valence-corrected chi connectivity index (χ3v) is 3.51. The summed E-state index contributed by atoms with van der Waals surface area (Å²) < 4.78 is 11.1. The predicted molar refractivity (Wildman–Crippen MR) is 75.7 cm³/mol. The van der Waals surface area contributed by atoms with Crippen molar-refractivity contribution in [2.75, 3.05) is 19.8 Å². The molecule has 0 unspecified atom stereocenters. The van der Waals surface area contributed by atoms with Crippen molar-refractivity contribution in [1.82, 2.24) is 5.43 Å². The van der Waals surface area contributed by atoms with Crippen LogP contribution in [0.3, 0.4) is 0 Å². The van der Waals surface area contributed by atoms with Gasteiger partial charge >= 0.3 is 0 Å². The van der Waals surface area contributed by atoms with Crippen LogP contribution in [-0.2, 0) is 27.3 Å². The Hall–Kier alpha value is -1.43. The van der Waals surface area contributed by atoms with Crippen LogP contribution in [0.1, 0.15) is 24.0 Å². The Kier molecular flexibility index (Phi) is 5.98. The topological polar surface area (TPSA) is 73.6 Å². The van der Waals surface area contributed by atoms with Gasteiger partial charge in [0.1, 0.15) is 0 Å². The summed E-state index contributed by atoms with van der Waals surface area (Å²) in [7, 11) is 0. The number of nitrogens with two attached hydrogens (primary N) is 1. The second-order valence-corrected chi connectivity index (χ2v) is 5.13. The highest BCUT2D eigenvalue weighted by Gasteiger charge is 2.13. The van der Waals surface area contributed by atoms with Gasteiger partial charge in [-0.05, 0) is 29.9 Å². The first-order valence-electron chi connectivity index (χ1n) is 7.00.